The summed E-state index contributed by atoms with van der Waals surface area (Å²) in [7, 11) is 0. The van der Waals surface area contributed by atoms with Gasteiger partial charge >= 0.3 is 6.18 Å². The van der Waals surface area contributed by atoms with Crippen LogP contribution in [0.4, 0.5) is 13.2 Å². The number of benzene rings is 1. The SMILES string of the molecule is O=C(c1ccc(C(F)(F)F)cc1)N1CCN(C(=O)C2CC2c2cccs2)CC1. The predicted molar refractivity (Wildman–Crippen MR) is 99.1 cm³/mol. The van der Waals surface area contributed by atoms with E-state index < -0.39 is 11.7 Å². The van der Waals surface area contributed by atoms with E-state index >= 15 is 0 Å². The number of thiophene rings is 1. The highest BCUT2D eigenvalue weighted by atomic mass is 32.1. The van der Waals surface area contributed by atoms with E-state index in [1.807, 2.05) is 11.4 Å². The van der Waals surface area contributed by atoms with Crippen molar-refractivity contribution in [2.75, 3.05) is 26.2 Å². The van der Waals surface area contributed by atoms with Gasteiger partial charge in [-0.2, -0.15) is 13.2 Å². The van der Waals surface area contributed by atoms with Gasteiger partial charge in [0.05, 0.1) is 5.56 Å². The smallest absolute Gasteiger partial charge is 0.339 e. The molecule has 2 aromatic rings. The fourth-order valence-corrected chi connectivity index (χ4v) is 4.54. The monoisotopic (exact) mass is 408 g/mol. The molecule has 4 nitrogen and oxygen atoms in total. The summed E-state index contributed by atoms with van der Waals surface area (Å²) in [5.41, 5.74) is -0.545. The standard InChI is InChI=1S/C20H19F3N2O2S/c21-20(22,23)14-5-3-13(4-6-14)18(26)24-7-9-25(10-8-24)19(27)16-12-15(16)17-2-1-11-28-17/h1-6,11,15-16H,7-10,12H2. The third kappa shape index (κ3) is 3.78. The average Bonchev–Trinajstić information content (AvgIpc) is 3.31. The summed E-state index contributed by atoms with van der Waals surface area (Å²) >= 11 is 1.67. The van der Waals surface area contributed by atoms with Gasteiger partial charge in [0, 0.05) is 48.5 Å². The van der Waals surface area contributed by atoms with Gasteiger partial charge in [-0.1, -0.05) is 6.07 Å². The van der Waals surface area contributed by atoms with Gasteiger partial charge in [-0.25, -0.2) is 0 Å². The number of carbonyl (C=O) groups is 2. The van der Waals surface area contributed by atoms with Gasteiger partial charge in [-0.15, -0.1) is 11.3 Å². The van der Waals surface area contributed by atoms with Crippen molar-refractivity contribution in [2.45, 2.75) is 18.5 Å². The molecule has 0 spiro atoms. The van der Waals surface area contributed by atoms with Crippen molar-refractivity contribution in [3.8, 4) is 0 Å². The van der Waals surface area contributed by atoms with Gasteiger partial charge in [-0.05, 0) is 42.1 Å². The van der Waals surface area contributed by atoms with Crippen molar-refractivity contribution in [3.05, 3.63) is 57.8 Å². The summed E-state index contributed by atoms with van der Waals surface area (Å²) < 4.78 is 37.9. The topological polar surface area (TPSA) is 40.6 Å². The maximum Gasteiger partial charge on any atom is 0.416 e. The Labute approximate surface area is 164 Å². The third-order valence-electron chi connectivity index (χ3n) is 5.35. The molecule has 2 aliphatic rings. The van der Waals surface area contributed by atoms with Gasteiger partial charge < -0.3 is 9.80 Å². The van der Waals surface area contributed by atoms with E-state index in [-0.39, 0.29) is 23.3 Å². The molecule has 1 aromatic heterocycles. The lowest BCUT2D eigenvalue weighted by Gasteiger charge is -2.35. The Kier molecular flexibility index (Phi) is 4.91. The lowest BCUT2D eigenvalue weighted by molar-refractivity contribution is -0.137. The molecule has 28 heavy (non-hydrogen) atoms. The molecule has 2 amide bonds. The zero-order valence-electron chi connectivity index (χ0n) is 15.0. The average molecular weight is 408 g/mol. The highest BCUT2D eigenvalue weighted by Gasteiger charge is 2.46. The maximum atomic E-state index is 12.7. The number of hydrogen-bond donors (Lipinski definition) is 0. The van der Waals surface area contributed by atoms with Gasteiger partial charge in [0.15, 0.2) is 0 Å². The number of halogens is 3. The number of nitrogens with zero attached hydrogens (tertiary/aromatic N) is 2. The quantitative estimate of drug-likeness (QED) is 0.774. The number of rotatable bonds is 3. The Bertz CT molecular complexity index is 857. The van der Waals surface area contributed by atoms with Crippen molar-refractivity contribution >= 4 is 23.2 Å². The van der Waals surface area contributed by atoms with E-state index in [2.05, 4.69) is 6.07 Å². The van der Waals surface area contributed by atoms with Crippen molar-refractivity contribution in [1.29, 1.82) is 0 Å². The van der Waals surface area contributed by atoms with Crippen molar-refractivity contribution in [3.63, 3.8) is 0 Å². The minimum atomic E-state index is -4.42. The molecule has 2 atom stereocenters. The number of alkyl halides is 3. The van der Waals surface area contributed by atoms with Crippen LogP contribution >= 0.6 is 11.3 Å². The molecule has 0 N–H and O–H groups in total. The van der Waals surface area contributed by atoms with Crippen LogP contribution in [0, 0.1) is 5.92 Å². The third-order valence-corrected chi connectivity index (χ3v) is 6.36. The first-order chi connectivity index (χ1) is 13.3. The molecule has 1 aliphatic heterocycles. The molecule has 8 heteroatoms. The summed E-state index contributed by atoms with van der Waals surface area (Å²) in [6.45, 7) is 1.70. The number of amides is 2. The van der Waals surface area contributed by atoms with E-state index in [9.17, 15) is 22.8 Å². The molecule has 4 rings (SSSR count). The van der Waals surface area contributed by atoms with E-state index in [4.69, 9.17) is 0 Å². The zero-order valence-corrected chi connectivity index (χ0v) is 15.8. The highest BCUT2D eigenvalue weighted by molar-refractivity contribution is 7.10. The van der Waals surface area contributed by atoms with Crippen LogP contribution in [0.1, 0.15) is 33.1 Å². The summed E-state index contributed by atoms with van der Waals surface area (Å²) in [6, 6.07) is 8.31. The largest absolute Gasteiger partial charge is 0.416 e. The van der Waals surface area contributed by atoms with Crippen molar-refractivity contribution in [2.24, 2.45) is 5.92 Å². The lowest BCUT2D eigenvalue weighted by atomic mass is 10.1. The predicted octanol–water partition coefficient (Wildman–Crippen LogP) is 3.86. The Morgan fingerprint density at radius 3 is 2.18 bits per heavy atom. The summed E-state index contributed by atoms with van der Waals surface area (Å²) in [5, 5.41) is 2.01. The molecular weight excluding hydrogens is 389 g/mol. The van der Waals surface area contributed by atoms with Gasteiger partial charge in [-0.3, -0.25) is 9.59 Å². The molecule has 1 saturated carbocycles. The molecule has 2 fully saturated rings. The zero-order chi connectivity index (χ0) is 19.9. The van der Waals surface area contributed by atoms with Crippen LogP contribution in [0.2, 0.25) is 0 Å². The van der Waals surface area contributed by atoms with E-state index in [0.29, 0.717) is 32.1 Å². The Morgan fingerprint density at radius 1 is 0.964 bits per heavy atom. The highest BCUT2D eigenvalue weighted by Crippen LogP contribution is 2.50. The fourth-order valence-electron chi connectivity index (χ4n) is 3.63. The Hall–Kier alpha value is -2.35. The Balaban J connectivity index is 1.31. The number of piperazine rings is 1. The first kappa shape index (κ1) is 19.0. The van der Waals surface area contributed by atoms with Crippen LogP contribution in [0.5, 0.6) is 0 Å². The van der Waals surface area contributed by atoms with Crippen LogP contribution < -0.4 is 0 Å². The molecule has 2 heterocycles. The van der Waals surface area contributed by atoms with E-state index in [0.717, 1.165) is 18.6 Å². The fraction of sp³-hybridized carbons (Fsp3) is 0.400. The lowest BCUT2D eigenvalue weighted by Crippen LogP contribution is -2.51. The van der Waals surface area contributed by atoms with Gasteiger partial charge in [0.2, 0.25) is 5.91 Å². The minimum Gasteiger partial charge on any atom is -0.339 e. The van der Waals surface area contributed by atoms with Gasteiger partial charge in [0.1, 0.15) is 0 Å². The summed E-state index contributed by atoms with van der Waals surface area (Å²) in [5.74, 6) is 0.193. The number of hydrogen-bond acceptors (Lipinski definition) is 3. The van der Waals surface area contributed by atoms with Crippen LogP contribution in [0.3, 0.4) is 0 Å². The molecule has 1 aromatic carbocycles. The maximum absolute atomic E-state index is 12.7. The summed E-state index contributed by atoms with van der Waals surface area (Å²) in [6.07, 6.45) is -3.54. The normalized spacial score (nSPS) is 22.2. The second-order valence-electron chi connectivity index (χ2n) is 7.16. The molecule has 0 radical (unpaired) electrons. The van der Waals surface area contributed by atoms with Crippen molar-refractivity contribution < 1.29 is 22.8 Å². The molecule has 1 aliphatic carbocycles. The van der Waals surface area contributed by atoms with Crippen LogP contribution in [-0.2, 0) is 11.0 Å². The molecule has 2 unspecified atom stereocenters. The van der Waals surface area contributed by atoms with Crippen LogP contribution in [0.25, 0.3) is 0 Å². The van der Waals surface area contributed by atoms with Crippen LogP contribution in [-0.4, -0.2) is 47.8 Å². The van der Waals surface area contributed by atoms with E-state index in [1.54, 1.807) is 21.1 Å². The second-order valence-corrected chi connectivity index (χ2v) is 8.14. The number of carbonyl (C=O) groups excluding carboxylic acids is 2. The molecule has 1 saturated heterocycles. The molecule has 148 valence electrons. The first-order valence-corrected chi connectivity index (χ1v) is 10.0. The van der Waals surface area contributed by atoms with E-state index in [1.165, 1.54) is 17.0 Å². The van der Waals surface area contributed by atoms with Crippen molar-refractivity contribution in [1.82, 2.24) is 9.80 Å². The molecule has 0 bridgehead atoms. The summed E-state index contributed by atoms with van der Waals surface area (Å²) in [4.78, 5) is 29.8. The second kappa shape index (κ2) is 7.24. The van der Waals surface area contributed by atoms with Crippen LogP contribution in [0.15, 0.2) is 41.8 Å². The first-order valence-electron chi connectivity index (χ1n) is 9.13. The minimum absolute atomic E-state index is 0.0378. The van der Waals surface area contributed by atoms with Gasteiger partial charge in [0.25, 0.3) is 5.91 Å². The molecular formula is C20H19F3N2O2S. The Morgan fingerprint density at radius 2 is 1.61 bits per heavy atom.